The molecule has 6 nitrogen and oxygen atoms in total. The molecule has 0 saturated carbocycles. The number of nitrogens with one attached hydrogen (secondary N) is 1. The summed E-state index contributed by atoms with van der Waals surface area (Å²) in [6.07, 6.45) is -1.99. The van der Waals surface area contributed by atoms with Gasteiger partial charge in [0, 0.05) is 12.2 Å². The third-order valence-electron chi connectivity index (χ3n) is 4.79. The van der Waals surface area contributed by atoms with Crippen LogP contribution in [0.15, 0.2) is 58.5 Å². The van der Waals surface area contributed by atoms with E-state index in [2.05, 4.69) is 10.5 Å². The van der Waals surface area contributed by atoms with Gasteiger partial charge in [0.25, 0.3) is 5.56 Å². The Morgan fingerprint density at radius 3 is 2.67 bits per heavy atom. The average molecular weight is 480 g/mol. The van der Waals surface area contributed by atoms with Gasteiger partial charge in [-0.2, -0.15) is 13.2 Å². The minimum atomic E-state index is -4.52. The van der Waals surface area contributed by atoms with Crippen LogP contribution in [0.2, 0.25) is 0 Å². The highest BCUT2D eigenvalue weighted by Gasteiger charge is 2.30. The Morgan fingerprint density at radius 1 is 1.12 bits per heavy atom. The van der Waals surface area contributed by atoms with Crippen LogP contribution in [0.1, 0.15) is 38.2 Å². The Bertz CT molecular complexity index is 1160. The molecule has 1 aromatic heterocycles. The summed E-state index contributed by atoms with van der Waals surface area (Å²) >= 11 is 1.30. The van der Waals surface area contributed by atoms with E-state index in [4.69, 9.17) is 4.84 Å². The van der Waals surface area contributed by atoms with Gasteiger partial charge in [0.2, 0.25) is 5.91 Å². The highest BCUT2D eigenvalue weighted by molar-refractivity contribution is 7.99. The predicted octanol–water partition coefficient (Wildman–Crippen LogP) is 5.12. The zero-order chi connectivity index (χ0) is 23.8. The van der Waals surface area contributed by atoms with Crippen molar-refractivity contribution in [3.8, 4) is 5.69 Å². The molecule has 1 heterocycles. The molecule has 0 spiro atoms. The molecule has 3 aromatic rings. The van der Waals surface area contributed by atoms with Crippen molar-refractivity contribution in [1.82, 2.24) is 15.0 Å². The summed E-state index contributed by atoms with van der Waals surface area (Å²) in [5, 5.41) is 0.659. The Balaban J connectivity index is 1.79. The van der Waals surface area contributed by atoms with Gasteiger partial charge >= 0.3 is 6.18 Å². The van der Waals surface area contributed by atoms with Crippen LogP contribution in [0.4, 0.5) is 13.2 Å². The van der Waals surface area contributed by atoms with Crippen molar-refractivity contribution in [2.45, 2.75) is 43.9 Å². The van der Waals surface area contributed by atoms with Crippen LogP contribution >= 0.6 is 11.8 Å². The smallest absolute Gasteiger partial charge is 0.274 e. The molecule has 0 radical (unpaired) electrons. The molecule has 1 N–H and O–H groups in total. The normalized spacial score (nSPS) is 11.6. The van der Waals surface area contributed by atoms with E-state index in [1.165, 1.54) is 28.5 Å². The fourth-order valence-electron chi connectivity index (χ4n) is 3.19. The first kappa shape index (κ1) is 24.8. The molecule has 0 fully saturated rings. The minimum Gasteiger partial charge on any atom is -0.274 e. The lowest BCUT2D eigenvalue weighted by Crippen LogP contribution is -2.23. The van der Waals surface area contributed by atoms with E-state index in [1.54, 1.807) is 31.2 Å². The first-order valence-corrected chi connectivity index (χ1v) is 11.5. The molecular weight excluding hydrogens is 455 g/mol. The maximum atomic E-state index is 13.2. The Labute approximate surface area is 193 Å². The second-order valence-electron chi connectivity index (χ2n) is 7.22. The molecule has 2 aromatic carbocycles. The van der Waals surface area contributed by atoms with Crippen LogP contribution in [0, 0.1) is 0 Å². The number of aromatic nitrogens is 2. The summed E-state index contributed by atoms with van der Waals surface area (Å²) in [6, 6.07) is 11.4. The third kappa shape index (κ3) is 6.58. The SMILES string of the molecule is CCONC(=O)CCCCCSc1nc2ccccc2c(=O)n1-c1cccc(C(F)(F)F)c1. The van der Waals surface area contributed by atoms with Gasteiger partial charge in [-0.1, -0.05) is 36.4 Å². The van der Waals surface area contributed by atoms with E-state index < -0.39 is 17.3 Å². The Hall–Kier alpha value is -2.85. The van der Waals surface area contributed by atoms with E-state index in [9.17, 15) is 22.8 Å². The summed E-state index contributed by atoms with van der Waals surface area (Å²) in [6.45, 7) is 2.17. The van der Waals surface area contributed by atoms with E-state index in [1.807, 2.05) is 0 Å². The third-order valence-corrected chi connectivity index (χ3v) is 5.81. The van der Waals surface area contributed by atoms with Gasteiger partial charge in [-0.3, -0.25) is 19.0 Å². The summed E-state index contributed by atoms with van der Waals surface area (Å²) in [5.74, 6) is 0.413. The predicted molar refractivity (Wildman–Crippen MR) is 121 cm³/mol. The highest BCUT2D eigenvalue weighted by Crippen LogP contribution is 2.31. The van der Waals surface area contributed by atoms with Crippen LogP contribution in [0.3, 0.4) is 0 Å². The number of hydrogen-bond donors (Lipinski definition) is 1. The first-order valence-electron chi connectivity index (χ1n) is 10.5. The van der Waals surface area contributed by atoms with Gasteiger partial charge in [0.1, 0.15) is 0 Å². The molecule has 1 amide bonds. The average Bonchev–Trinajstić information content (AvgIpc) is 2.79. The number of amides is 1. The monoisotopic (exact) mass is 479 g/mol. The largest absolute Gasteiger partial charge is 0.416 e. The second kappa shape index (κ2) is 11.3. The van der Waals surface area contributed by atoms with E-state index in [-0.39, 0.29) is 11.6 Å². The van der Waals surface area contributed by atoms with Gasteiger partial charge in [-0.15, -0.1) is 0 Å². The van der Waals surface area contributed by atoms with Crippen molar-refractivity contribution in [1.29, 1.82) is 0 Å². The van der Waals surface area contributed by atoms with Crippen molar-refractivity contribution < 1.29 is 22.8 Å². The van der Waals surface area contributed by atoms with Crippen molar-refractivity contribution in [2.75, 3.05) is 12.4 Å². The lowest BCUT2D eigenvalue weighted by molar-refractivity contribution is -0.137. The number of carbonyl (C=O) groups excluding carboxylic acids is 1. The molecule has 3 rings (SSSR count). The summed E-state index contributed by atoms with van der Waals surface area (Å²) in [7, 11) is 0. The maximum absolute atomic E-state index is 13.2. The van der Waals surface area contributed by atoms with Crippen molar-refractivity contribution in [3.63, 3.8) is 0 Å². The molecule has 0 aliphatic rings. The standard InChI is InChI=1S/C23H24F3N3O3S/c1-2-32-28-20(30)13-4-3-7-14-33-22-27-19-12-6-5-11-18(19)21(31)29(22)17-10-8-9-16(15-17)23(24,25)26/h5-6,8-12,15H,2-4,7,13-14H2,1H3,(H,28,30). The number of para-hydroxylation sites is 1. The topological polar surface area (TPSA) is 73.2 Å². The van der Waals surface area contributed by atoms with Crippen LogP contribution < -0.4 is 11.0 Å². The Kier molecular flexibility index (Phi) is 8.51. The lowest BCUT2D eigenvalue weighted by atomic mass is 10.2. The second-order valence-corrected chi connectivity index (χ2v) is 8.28. The molecule has 0 aliphatic heterocycles. The zero-order valence-corrected chi connectivity index (χ0v) is 18.8. The number of rotatable bonds is 10. The number of thioether (sulfide) groups is 1. The number of benzene rings is 2. The molecule has 0 unspecified atom stereocenters. The van der Waals surface area contributed by atoms with Gasteiger partial charge in [0.15, 0.2) is 5.16 Å². The van der Waals surface area contributed by atoms with Crippen LogP contribution in [-0.2, 0) is 15.8 Å². The number of hydrogen-bond acceptors (Lipinski definition) is 5. The number of fused-ring (bicyclic) bond motifs is 1. The number of carbonyl (C=O) groups is 1. The summed E-state index contributed by atoms with van der Waals surface area (Å²) in [4.78, 5) is 34.1. The number of nitrogens with zero attached hydrogens (tertiary/aromatic N) is 2. The van der Waals surface area contributed by atoms with Gasteiger partial charge < -0.3 is 0 Å². The van der Waals surface area contributed by atoms with E-state index in [0.29, 0.717) is 41.3 Å². The fourth-order valence-corrected chi connectivity index (χ4v) is 4.20. The Morgan fingerprint density at radius 2 is 1.91 bits per heavy atom. The summed E-state index contributed by atoms with van der Waals surface area (Å²) < 4.78 is 41.0. The molecular formula is C23H24F3N3O3S. The molecule has 0 aliphatic carbocycles. The molecule has 10 heteroatoms. The molecule has 0 saturated heterocycles. The quantitative estimate of drug-likeness (QED) is 0.189. The zero-order valence-electron chi connectivity index (χ0n) is 18.0. The number of hydroxylamine groups is 1. The minimum absolute atomic E-state index is 0.114. The fraction of sp³-hybridized carbons (Fsp3) is 0.348. The van der Waals surface area contributed by atoms with Crippen LogP contribution in [0.5, 0.6) is 0 Å². The molecule has 176 valence electrons. The van der Waals surface area contributed by atoms with Gasteiger partial charge in [0.05, 0.1) is 28.8 Å². The van der Waals surface area contributed by atoms with Gasteiger partial charge in [-0.25, -0.2) is 10.5 Å². The van der Waals surface area contributed by atoms with Crippen molar-refractivity contribution >= 4 is 28.6 Å². The highest BCUT2D eigenvalue weighted by atomic mass is 32.2. The van der Waals surface area contributed by atoms with E-state index in [0.717, 1.165) is 25.0 Å². The van der Waals surface area contributed by atoms with Crippen LogP contribution in [0.25, 0.3) is 16.6 Å². The number of alkyl halides is 3. The van der Waals surface area contributed by atoms with E-state index >= 15 is 0 Å². The number of unbranched alkanes of at least 4 members (excludes halogenated alkanes) is 2. The molecule has 0 bridgehead atoms. The maximum Gasteiger partial charge on any atom is 0.416 e. The van der Waals surface area contributed by atoms with Gasteiger partial charge in [-0.05, 0) is 50.1 Å². The van der Waals surface area contributed by atoms with Crippen LogP contribution in [-0.4, -0.2) is 27.8 Å². The summed E-state index contributed by atoms with van der Waals surface area (Å²) in [5.41, 5.74) is 1.69. The molecule has 33 heavy (non-hydrogen) atoms. The lowest BCUT2D eigenvalue weighted by Gasteiger charge is -2.15. The first-order chi connectivity index (χ1) is 15.8. The van der Waals surface area contributed by atoms with Crippen molar-refractivity contribution in [2.24, 2.45) is 0 Å². The molecule has 0 atom stereocenters. The number of halogens is 3. The van der Waals surface area contributed by atoms with Crippen molar-refractivity contribution in [3.05, 3.63) is 64.4 Å².